The maximum atomic E-state index is 3.45. The van der Waals surface area contributed by atoms with Gasteiger partial charge in [0.25, 0.3) is 0 Å². The molecule has 4 unspecified atom stereocenters. The average Bonchev–Trinajstić information content (AvgIpc) is 3.82. The SMILES string of the molecule is CC1=[C-]C2=CC(C)P(c3ccccc3)C2=C1.CC1=[C-]C2=CC(C)P(c3ccccc3)C2=C1.Cl.Cl.[SiH2]=[Zr].[c-]1ccccc1.[c-]1ccccc1. The summed E-state index contributed by atoms with van der Waals surface area (Å²) < 4.78 is 0. The van der Waals surface area contributed by atoms with Crippen LogP contribution in [0.15, 0.2) is 179 Å². The molecule has 0 saturated carbocycles. The Hall–Kier alpha value is -2.14. The largest absolute Gasteiger partial charge is 0.184 e. The van der Waals surface area contributed by atoms with E-state index in [1.54, 1.807) is 23.3 Å². The second-order valence-electron chi connectivity index (χ2n) is 10.9. The van der Waals surface area contributed by atoms with Crippen LogP contribution < -0.4 is 10.6 Å². The van der Waals surface area contributed by atoms with E-state index in [2.05, 4.69) is 137 Å². The van der Waals surface area contributed by atoms with Gasteiger partial charge in [-0.05, 0) is 21.9 Å². The van der Waals surface area contributed by atoms with E-state index in [9.17, 15) is 0 Å². The van der Waals surface area contributed by atoms with Gasteiger partial charge < -0.3 is 0 Å². The monoisotopic (exact) mass is 796 g/mol. The zero-order valence-corrected chi connectivity index (χ0v) is 35.2. The van der Waals surface area contributed by atoms with Gasteiger partial charge in [-0.15, -0.1) is 58.7 Å². The van der Waals surface area contributed by atoms with Crippen molar-refractivity contribution in [3.63, 3.8) is 0 Å². The van der Waals surface area contributed by atoms with E-state index in [0.29, 0.717) is 11.3 Å². The van der Waals surface area contributed by atoms with Crippen molar-refractivity contribution in [3.05, 3.63) is 203 Å². The summed E-state index contributed by atoms with van der Waals surface area (Å²) in [4.78, 5) is 0. The topological polar surface area (TPSA) is 0 Å². The number of benzene rings is 4. The molecule has 0 radical (unpaired) electrons. The summed E-state index contributed by atoms with van der Waals surface area (Å²) in [5.74, 6) is 0. The molecule has 2 aliphatic carbocycles. The zero-order chi connectivity index (χ0) is 32.7. The average molecular weight is 799 g/mol. The Morgan fingerprint density at radius 3 is 1.10 bits per heavy atom. The van der Waals surface area contributed by atoms with Crippen molar-refractivity contribution in [3.8, 4) is 0 Å². The fourth-order valence-electron chi connectivity index (χ4n) is 5.52. The molecular formula is C42H42Cl2P2SiZr-4. The molecule has 2 aliphatic heterocycles. The third-order valence-electron chi connectivity index (χ3n) is 7.35. The maximum Gasteiger partial charge on any atom is -0.171 e. The van der Waals surface area contributed by atoms with Crippen LogP contribution in [-0.4, -0.2) is 18.2 Å². The molecule has 4 aromatic carbocycles. The van der Waals surface area contributed by atoms with Crippen LogP contribution in [0.5, 0.6) is 0 Å². The first-order valence-electron chi connectivity index (χ1n) is 15.5. The van der Waals surface area contributed by atoms with Crippen LogP contribution in [0.4, 0.5) is 0 Å². The van der Waals surface area contributed by atoms with Gasteiger partial charge in [-0.2, -0.15) is 108 Å². The smallest absolute Gasteiger partial charge is 0.171 e. The third-order valence-corrected chi connectivity index (χ3v) is 12.8. The maximum absolute atomic E-state index is 3.45. The molecule has 0 saturated heterocycles. The van der Waals surface area contributed by atoms with Crippen molar-refractivity contribution < 1.29 is 23.3 Å². The quantitative estimate of drug-likeness (QED) is 0.108. The Balaban J connectivity index is 0.000000234. The molecule has 4 aliphatic rings. The molecule has 4 atom stereocenters. The van der Waals surface area contributed by atoms with E-state index < -0.39 is 0 Å². The first-order valence-corrected chi connectivity index (χ1v) is 24.2. The normalized spacial score (nSPS) is 20.2. The standard InChI is InChI=1S/2C15H14P.2C6H5.2ClH.H2Si.Zr/c2*1-11-8-13-10-12(2)16(15(13)9-11)14-6-4-3-5-7-14;2*1-2-4-6-5-3-1;;;;/h2*3-7,9-10,12H,1-2H3;2*1-5H;2*1H;1H2;/q4*-1;;;;. The van der Waals surface area contributed by atoms with Crippen molar-refractivity contribution >= 4 is 58.1 Å². The predicted molar refractivity (Wildman–Crippen MR) is 216 cm³/mol. The van der Waals surface area contributed by atoms with Crippen molar-refractivity contribution in [1.29, 1.82) is 0 Å². The Morgan fingerprint density at radius 2 is 0.833 bits per heavy atom. The van der Waals surface area contributed by atoms with Gasteiger partial charge >= 0.3 is 30.2 Å². The molecule has 6 heteroatoms. The van der Waals surface area contributed by atoms with Crippen molar-refractivity contribution in [1.82, 2.24) is 0 Å². The number of hydrogen-bond acceptors (Lipinski definition) is 0. The minimum absolute atomic E-state index is 0. The summed E-state index contributed by atoms with van der Waals surface area (Å²) in [5, 5.41) is 6.01. The molecule has 0 spiro atoms. The summed E-state index contributed by atoms with van der Waals surface area (Å²) in [6, 6.07) is 46.8. The van der Waals surface area contributed by atoms with Crippen molar-refractivity contribution in [2.24, 2.45) is 0 Å². The number of rotatable bonds is 2. The molecule has 0 nitrogen and oxygen atoms in total. The molecule has 0 aromatic heterocycles. The molecule has 0 bridgehead atoms. The molecule has 8 rings (SSSR count). The number of fused-ring (bicyclic) bond motifs is 2. The van der Waals surface area contributed by atoms with Crippen LogP contribution >= 0.6 is 40.7 Å². The van der Waals surface area contributed by atoms with Gasteiger partial charge in [0.15, 0.2) is 0 Å². The molecule has 48 heavy (non-hydrogen) atoms. The molecule has 0 fully saturated rings. The van der Waals surface area contributed by atoms with Crippen LogP contribution in [-0.2, 0) is 23.3 Å². The van der Waals surface area contributed by atoms with Crippen molar-refractivity contribution in [2.45, 2.75) is 39.0 Å². The zero-order valence-electron chi connectivity index (χ0n) is 27.9. The Labute approximate surface area is 320 Å². The van der Waals surface area contributed by atoms with E-state index in [1.807, 2.05) is 67.5 Å². The van der Waals surface area contributed by atoms with E-state index in [1.165, 1.54) is 43.5 Å². The first kappa shape index (κ1) is 42.0. The van der Waals surface area contributed by atoms with E-state index in [4.69, 9.17) is 0 Å². The van der Waals surface area contributed by atoms with Crippen LogP contribution in [0.25, 0.3) is 0 Å². The third kappa shape index (κ3) is 12.0. The summed E-state index contributed by atoms with van der Waals surface area (Å²) in [6.07, 6.45) is 16.3. The van der Waals surface area contributed by atoms with Gasteiger partial charge in [0.2, 0.25) is 0 Å². The minimum atomic E-state index is -0.183. The number of allylic oxidation sites excluding steroid dienone is 12. The van der Waals surface area contributed by atoms with Gasteiger partial charge in [-0.1, -0.05) is 104 Å². The fraction of sp³-hybridized carbons (Fsp3) is 0.143. The minimum Gasteiger partial charge on any atom is -0.184 e. The molecule has 0 amide bonds. The molecule has 4 aromatic rings. The number of hydrogen-bond donors (Lipinski definition) is 0. The Kier molecular flexibility index (Phi) is 19.7. The van der Waals surface area contributed by atoms with Crippen molar-refractivity contribution in [2.75, 3.05) is 0 Å². The number of halogens is 2. The summed E-state index contributed by atoms with van der Waals surface area (Å²) >= 11 is 1.58. The van der Waals surface area contributed by atoms with Gasteiger partial charge in [-0.25, -0.2) is 0 Å². The van der Waals surface area contributed by atoms with E-state index in [0.717, 1.165) is 0 Å². The van der Waals surface area contributed by atoms with Gasteiger partial charge in [0.05, 0.1) is 0 Å². The Bertz CT molecular complexity index is 1530. The Morgan fingerprint density at radius 1 is 0.521 bits per heavy atom. The first-order chi connectivity index (χ1) is 22.5. The molecule has 0 N–H and O–H groups in total. The summed E-state index contributed by atoms with van der Waals surface area (Å²) in [6.45, 7) is 10.9. The van der Waals surface area contributed by atoms with Gasteiger partial charge in [0, 0.05) is 0 Å². The van der Waals surface area contributed by atoms with Gasteiger partial charge in [0.1, 0.15) is 0 Å². The predicted octanol–water partition coefficient (Wildman–Crippen LogP) is 10.4. The van der Waals surface area contributed by atoms with Crippen LogP contribution in [0.3, 0.4) is 0 Å². The summed E-state index contributed by atoms with van der Waals surface area (Å²) in [7, 11) is -0.367. The van der Waals surface area contributed by atoms with Crippen LogP contribution in [0.1, 0.15) is 27.7 Å². The molecule has 246 valence electrons. The fourth-order valence-corrected chi connectivity index (χ4v) is 10.9. The summed E-state index contributed by atoms with van der Waals surface area (Å²) in [5.41, 5.74) is 6.55. The van der Waals surface area contributed by atoms with Gasteiger partial charge in [-0.3, -0.25) is 0 Å². The van der Waals surface area contributed by atoms with Crippen LogP contribution in [0.2, 0.25) is 0 Å². The second kappa shape index (κ2) is 22.6. The molecule has 2 heterocycles. The molecular weight excluding hydrogens is 757 g/mol. The van der Waals surface area contributed by atoms with E-state index in [-0.39, 0.29) is 40.7 Å². The van der Waals surface area contributed by atoms with Crippen LogP contribution in [0, 0.1) is 24.3 Å². The second-order valence-corrected chi connectivity index (χ2v) is 16.0. The van der Waals surface area contributed by atoms with E-state index >= 15 is 0 Å².